The number of hydrogen-bond donors (Lipinski definition) is 1. The van der Waals surface area contributed by atoms with Crippen molar-refractivity contribution in [1.82, 2.24) is 5.32 Å². The third-order valence-corrected chi connectivity index (χ3v) is 4.10. The van der Waals surface area contributed by atoms with Crippen molar-refractivity contribution in [2.24, 2.45) is 0 Å². The third kappa shape index (κ3) is 4.96. The molecule has 0 aliphatic rings. The van der Waals surface area contributed by atoms with Crippen molar-refractivity contribution >= 4 is 23.2 Å². The maximum Gasteiger partial charge on any atom is 0.0730 e. The van der Waals surface area contributed by atoms with Gasteiger partial charge in [0.1, 0.15) is 0 Å². The molecule has 108 valence electrons. The largest absolute Gasteiger partial charge is 0.377 e. The lowest BCUT2D eigenvalue weighted by Gasteiger charge is -2.27. The van der Waals surface area contributed by atoms with Crippen molar-refractivity contribution in [1.29, 1.82) is 0 Å². The molecule has 2 unspecified atom stereocenters. The normalized spacial score (nSPS) is 14.4. The molecule has 0 spiro atoms. The van der Waals surface area contributed by atoms with Crippen LogP contribution in [0.5, 0.6) is 0 Å². The van der Waals surface area contributed by atoms with Gasteiger partial charge in [0.2, 0.25) is 0 Å². The number of likely N-dealkylation sites (N-methyl/N-ethyl adjacent to an activating group) is 1. The Morgan fingerprint density at radius 2 is 2.00 bits per heavy atom. The molecule has 0 radical (unpaired) electrons. The summed E-state index contributed by atoms with van der Waals surface area (Å²) in [5, 5.41) is 4.60. The smallest absolute Gasteiger partial charge is 0.0730 e. The lowest BCUT2D eigenvalue weighted by atomic mass is 9.98. The van der Waals surface area contributed by atoms with Gasteiger partial charge in [-0.1, -0.05) is 48.7 Å². The molecule has 2 atom stereocenters. The molecule has 1 rings (SSSR count). The van der Waals surface area contributed by atoms with Gasteiger partial charge in [0.15, 0.2) is 0 Å². The molecule has 0 bridgehead atoms. The number of halogens is 2. The molecule has 19 heavy (non-hydrogen) atoms. The summed E-state index contributed by atoms with van der Waals surface area (Å²) in [7, 11) is 1.96. The zero-order valence-electron chi connectivity index (χ0n) is 11.9. The Bertz CT molecular complexity index is 378. The SMILES string of the molecule is CCCC(OCC)C(Cc1cccc(Cl)c1Cl)NC. The molecule has 1 aromatic rings. The molecule has 1 aromatic carbocycles. The maximum absolute atomic E-state index is 6.25. The molecular weight excluding hydrogens is 281 g/mol. The summed E-state index contributed by atoms with van der Waals surface area (Å²) in [4.78, 5) is 0. The van der Waals surface area contributed by atoms with Gasteiger partial charge in [0.25, 0.3) is 0 Å². The van der Waals surface area contributed by atoms with Crippen molar-refractivity contribution in [2.45, 2.75) is 45.3 Å². The standard InChI is InChI=1S/C15H23Cl2NO/c1-4-7-14(19-5-2)13(18-3)10-11-8-6-9-12(16)15(11)17/h6,8-9,13-14,18H,4-5,7,10H2,1-3H3. The van der Waals surface area contributed by atoms with Crippen LogP contribution in [0.4, 0.5) is 0 Å². The molecule has 0 fully saturated rings. The van der Waals surface area contributed by atoms with E-state index >= 15 is 0 Å². The summed E-state index contributed by atoms with van der Waals surface area (Å²) in [5.74, 6) is 0. The first kappa shape index (κ1) is 16.8. The lowest BCUT2D eigenvalue weighted by molar-refractivity contribution is 0.0301. The Hall–Kier alpha value is -0.280. The quantitative estimate of drug-likeness (QED) is 0.772. The van der Waals surface area contributed by atoms with E-state index in [1.165, 1.54) is 0 Å². The summed E-state index contributed by atoms with van der Waals surface area (Å²) in [6.45, 7) is 4.93. The van der Waals surface area contributed by atoms with Crippen molar-refractivity contribution in [2.75, 3.05) is 13.7 Å². The third-order valence-electron chi connectivity index (χ3n) is 3.24. The highest BCUT2D eigenvalue weighted by atomic mass is 35.5. The van der Waals surface area contributed by atoms with Crippen molar-refractivity contribution in [3.05, 3.63) is 33.8 Å². The molecular formula is C15H23Cl2NO. The monoisotopic (exact) mass is 303 g/mol. The predicted molar refractivity (Wildman–Crippen MR) is 83.3 cm³/mol. The molecule has 4 heteroatoms. The van der Waals surface area contributed by atoms with Gasteiger partial charge in [-0.25, -0.2) is 0 Å². The Morgan fingerprint density at radius 3 is 2.58 bits per heavy atom. The van der Waals surface area contributed by atoms with Crippen LogP contribution in [0, 0.1) is 0 Å². The first-order chi connectivity index (χ1) is 9.13. The van der Waals surface area contributed by atoms with Crippen molar-refractivity contribution in [3.8, 4) is 0 Å². The second kappa shape index (κ2) is 8.80. The zero-order valence-corrected chi connectivity index (χ0v) is 13.4. The minimum atomic E-state index is 0.204. The fraction of sp³-hybridized carbons (Fsp3) is 0.600. The summed E-state index contributed by atoms with van der Waals surface area (Å²) < 4.78 is 5.84. The maximum atomic E-state index is 6.25. The van der Waals surface area contributed by atoms with E-state index in [1.807, 2.05) is 32.2 Å². The number of benzene rings is 1. The van der Waals surface area contributed by atoms with Gasteiger partial charge in [0, 0.05) is 12.6 Å². The molecule has 0 aliphatic carbocycles. The van der Waals surface area contributed by atoms with E-state index in [4.69, 9.17) is 27.9 Å². The van der Waals surface area contributed by atoms with Crippen LogP contribution < -0.4 is 5.32 Å². The van der Waals surface area contributed by atoms with Crippen LogP contribution in [0.25, 0.3) is 0 Å². The highest BCUT2D eigenvalue weighted by Gasteiger charge is 2.21. The predicted octanol–water partition coefficient (Wildman–Crippen LogP) is 4.33. The molecule has 0 saturated carbocycles. The van der Waals surface area contributed by atoms with Crippen LogP contribution in [-0.2, 0) is 11.2 Å². The first-order valence-corrected chi connectivity index (χ1v) is 7.61. The average Bonchev–Trinajstić information content (AvgIpc) is 2.40. The zero-order chi connectivity index (χ0) is 14.3. The number of nitrogens with one attached hydrogen (secondary N) is 1. The second-order valence-corrected chi connectivity index (χ2v) is 5.38. The van der Waals surface area contributed by atoms with Gasteiger partial charge in [0.05, 0.1) is 16.1 Å². The van der Waals surface area contributed by atoms with E-state index in [0.29, 0.717) is 10.0 Å². The van der Waals surface area contributed by atoms with E-state index in [9.17, 15) is 0 Å². The van der Waals surface area contributed by atoms with Crippen LogP contribution in [0.1, 0.15) is 32.3 Å². The van der Waals surface area contributed by atoms with Crippen LogP contribution >= 0.6 is 23.2 Å². The first-order valence-electron chi connectivity index (χ1n) is 6.85. The molecule has 0 heterocycles. The fourth-order valence-electron chi connectivity index (χ4n) is 2.26. The Labute approximate surface area is 126 Å². The van der Waals surface area contributed by atoms with E-state index in [0.717, 1.165) is 31.4 Å². The van der Waals surface area contributed by atoms with E-state index in [-0.39, 0.29) is 12.1 Å². The molecule has 1 N–H and O–H groups in total. The topological polar surface area (TPSA) is 21.3 Å². The summed E-state index contributed by atoms with van der Waals surface area (Å²) in [6, 6.07) is 6.02. The Kier molecular flexibility index (Phi) is 7.77. The van der Waals surface area contributed by atoms with E-state index in [1.54, 1.807) is 0 Å². The highest BCUT2D eigenvalue weighted by molar-refractivity contribution is 6.42. The van der Waals surface area contributed by atoms with Gasteiger partial charge < -0.3 is 10.1 Å². The summed E-state index contributed by atoms with van der Waals surface area (Å²) in [6.07, 6.45) is 3.17. The van der Waals surface area contributed by atoms with Gasteiger partial charge in [-0.2, -0.15) is 0 Å². The van der Waals surface area contributed by atoms with Gasteiger partial charge in [-0.3, -0.25) is 0 Å². The molecule has 2 nitrogen and oxygen atoms in total. The Balaban J connectivity index is 2.82. The number of ether oxygens (including phenoxy) is 1. The van der Waals surface area contributed by atoms with Crippen LogP contribution in [0.3, 0.4) is 0 Å². The van der Waals surface area contributed by atoms with Gasteiger partial charge in [-0.15, -0.1) is 0 Å². The lowest BCUT2D eigenvalue weighted by Crippen LogP contribution is -2.41. The number of rotatable bonds is 8. The molecule has 0 aliphatic heterocycles. The summed E-state index contributed by atoms with van der Waals surface area (Å²) >= 11 is 12.3. The minimum absolute atomic E-state index is 0.204. The highest BCUT2D eigenvalue weighted by Crippen LogP contribution is 2.27. The van der Waals surface area contributed by atoms with Gasteiger partial charge >= 0.3 is 0 Å². The van der Waals surface area contributed by atoms with E-state index in [2.05, 4.69) is 12.2 Å². The average molecular weight is 304 g/mol. The molecule has 0 aromatic heterocycles. The minimum Gasteiger partial charge on any atom is -0.377 e. The van der Waals surface area contributed by atoms with Crippen LogP contribution in [0.15, 0.2) is 18.2 Å². The number of hydrogen-bond acceptors (Lipinski definition) is 2. The van der Waals surface area contributed by atoms with Crippen molar-refractivity contribution < 1.29 is 4.74 Å². The Morgan fingerprint density at radius 1 is 1.26 bits per heavy atom. The fourth-order valence-corrected chi connectivity index (χ4v) is 2.66. The van der Waals surface area contributed by atoms with E-state index < -0.39 is 0 Å². The summed E-state index contributed by atoms with van der Waals surface area (Å²) in [5.41, 5.74) is 1.06. The van der Waals surface area contributed by atoms with Crippen molar-refractivity contribution in [3.63, 3.8) is 0 Å². The second-order valence-electron chi connectivity index (χ2n) is 4.59. The van der Waals surface area contributed by atoms with Crippen LogP contribution in [0.2, 0.25) is 10.0 Å². The molecule has 0 amide bonds. The van der Waals surface area contributed by atoms with Gasteiger partial charge in [-0.05, 0) is 38.4 Å². The molecule has 0 saturated heterocycles. The van der Waals surface area contributed by atoms with Crippen LogP contribution in [-0.4, -0.2) is 25.8 Å².